The van der Waals surface area contributed by atoms with E-state index in [1.165, 1.54) is 13.2 Å². The van der Waals surface area contributed by atoms with Gasteiger partial charge in [0.1, 0.15) is 5.75 Å². The van der Waals surface area contributed by atoms with Crippen molar-refractivity contribution in [2.45, 2.75) is 42.9 Å². The zero-order valence-corrected chi connectivity index (χ0v) is 17.9. The summed E-state index contributed by atoms with van der Waals surface area (Å²) < 4.78 is 33.2. The third-order valence-corrected chi connectivity index (χ3v) is 7.79. The van der Waals surface area contributed by atoms with Crippen LogP contribution in [-0.2, 0) is 14.8 Å². The molecule has 2 fully saturated rings. The number of benzene rings is 1. The van der Waals surface area contributed by atoms with Gasteiger partial charge in [-0.2, -0.15) is 4.31 Å². The van der Waals surface area contributed by atoms with Crippen LogP contribution in [0.5, 0.6) is 5.75 Å². The lowest BCUT2D eigenvalue weighted by atomic mass is 10.1. The number of anilines is 1. The fourth-order valence-corrected chi connectivity index (χ4v) is 5.61. The van der Waals surface area contributed by atoms with Crippen LogP contribution in [0.3, 0.4) is 0 Å². The lowest BCUT2D eigenvalue weighted by molar-refractivity contribution is -0.117. The number of aromatic nitrogens is 1. The lowest BCUT2D eigenvalue weighted by Gasteiger charge is -2.21. The highest BCUT2D eigenvalue weighted by Crippen LogP contribution is 2.48. The minimum Gasteiger partial charge on any atom is -0.495 e. The van der Waals surface area contributed by atoms with Gasteiger partial charge in [-0.25, -0.2) is 8.42 Å². The summed E-state index contributed by atoms with van der Waals surface area (Å²) in [6.07, 6.45) is 8.07. The number of hydrogen-bond acceptors (Lipinski definition) is 5. The molecule has 4 rings (SSSR count). The van der Waals surface area contributed by atoms with Crippen molar-refractivity contribution in [3.8, 4) is 5.75 Å². The molecule has 160 valence electrons. The highest BCUT2D eigenvalue weighted by atomic mass is 32.2. The SMILES string of the molecule is COc1ccc(S(=O)(=O)N2CCCCCC2)cc1NC(=O)[C@H]1C[C@H]1c1ccncc1. The molecule has 1 aliphatic carbocycles. The van der Waals surface area contributed by atoms with Gasteiger partial charge in [0.25, 0.3) is 0 Å². The molecule has 1 aromatic heterocycles. The first kappa shape index (κ1) is 20.8. The lowest BCUT2D eigenvalue weighted by Crippen LogP contribution is -2.32. The van der Waals surface area contributed by atoms with Gasteiger partial charge in [-0.1, -0.05) is 12.8 Å². The Morgan fingerprint density at radius 2 is 1.80 bits per heavy atom. The smallest absolute Gasteiger partial charge is 0.243 e. The van der Waals surface area contributed by atoms with Gasteiger partial charge in [0.2, 0.25) is 15.9 Å². The molecule has 7 nitrogen and oxygen atoms in total. The molecule has 0 radical (unpaired) electrons. The zero-order valence-electron chi connectivity index (χ0n) is 17.1. The van der Waals surface area contributed by atoms with Crippen molar-refractivity contribution in [3.05, 3.63) is 48.3 Å². The molecule has 1 saturated carbocycles. The van der Waals surface area contributed by atoms with Crippen LogP contribution >= 0.6 is 0 Å². The second kappa shape index (κ2) is 8.73. The van der Waals surface area contributed by atoms with Crippen LogP contribution in [0, 0.1) is 5.92 Å². The van der Waals surface area contributed by atoms with Crippen molar-refractivity contribution in [2.24, 2.45) is 5.92 Å². The molecule has 2 atom stereocenters. The molecule has 2 aliphatic rings. The van der Waals surface area contributed by atoms with Gasteiger partial charge in [-0.3, -0.25) is 9.78 Å². The number of ether oxygens (including phenoxy) is 1. The third-order valence-electron chi connectivity index (χ3n) is 5.89. The van der Waals surface area contributed by atoms with E-state index in [-0.39, 0.29) is 22.6 Å². The van der Waals surface area contributed by atoms with Crippen LogP contribution in [0.1, 0.15) is 43.6 Å². The molecule has 8 heteroatoms. The Morgan fingerprint density at radius 1 is 1.10 bits per heavy atom. The normalized spacial score (nSPS) is 22.2. The molecular formula is C22H27N3O4S. The summed E-state index contributed by atoms with van der Waals surface area (Å²) in [7, 11) is -2.10. The van der Waals surface area contributed by atoms with E-state index >= 15 is 0 Å². The molecule has 1 saturated heterocycles. The van der Waals surface area contributed by atoms with Gasteiger partial charge in [0.05, 0.1) is 17.7 Å². The summed E-state index contributed by atoms with van der Waals surface area (Å²) >= 11 is 0. The topological polar surface area (TPSA) is 88.6 Å². The van der Waals surface area contributed by atoms with E-state index in [9.17, 15) is 13.2 Å². The van der Waals surface area contributed by atoms with Crippen LogP contribution < -0.4 is 10.1 Å². The van der Waals surface area contributed by atoms with Crippen molar-refractivity contribution in [1.29, 1.82) is 0 Å². The number of methoxy groups -OCH3 is 1. The predicted molar refractivity (Wildman–Crippen MR) is 114 cm³/mol. The van der Waals surface area contributed by atoms with E-state index in [1.807, 2.05) is 12.1 Å². The monoisotopic (exact) mass is 429 g/mol. The Balaban J connectivity index is 1.52. The molecule has 0 spiro atoms. The molecule has 1 amide bonds. The van der Waals surface area contributed by atoms with E-state index in [2.05, 4.69) is 10.3 Å². The van der Waals surface area contributed by atoms with Crippen LogP contribution in [-0.4, -0.2) is 43.8 Å². The largest absolute Gasteiger partial charge is 0.495 e. The number of hydrogen-bond donors (Lipinski definition) is 1. The second-order valence-corrected chi connectivity index (χ2v) is 9.84. The number of pyridine rings is 1. The summed E-state index contributed by atoms with van der Waals surface area (Å²) in [6.45, 7) is 1.07. The molecule has 0 bridgehead atoms. The minimum absolute atomic E-state index is 0.126. The molecule has 1 aliphatic heterocycles. The van der Waals surface area contributed by atoms with E-state index in [0.717, 1.165) is 37.7 Å². The highest BCUT2D eigenvalue weighted by Gasteiger charge is 2.44. The Morgan fingerprint density at radius 3 is 2.47 bits per heavy atom. The van der Waals surface area contributed by atoms with Crippen LogP contribution in [0.4, 0.5) is 5.69 Å². The Bertz CT molecular complexity index is 1000. The van der Waals surface area contributed by atoms with Gasteiger partial charge in [-0.15, -0.1) is 0 Å². The Kier molecular flexibility index (Phi) is 6.06. The number of nitrogens with zero attached hydrogens (tertiary/aromatic N) is 2. The maximum atomic E-state index is 13.1. The third kappa shape index (κ3) is 4.34. The van der Waals surface area contributed by atoms with Crippen LogP contribution in [0.2, 0.25) is 0 Å². The van der Waals surface area contributed by atoms with Gasteiger partial charge in [0.15, 0.2) is 0 Å². The van der Waals surface area contributed by atoms with Crippen molar-refractivity contribution in [1.82, 2.24) is 9.29 Å². The first-order valence-electron chi connectivity index (χ1n) is 10.4. The molecule has 2 heterocycles. The van der Waals surface area contributed by atoms with Gasteiger partial charge < -0.3 is 10.1 Å². The van der Waals surface area contributed by atoms with E-state index in [4.69, 9.17) is 4.74 Å². The molecule has 1 N–H and O–H groups in total. The van der Waals surface area contributed by atoms with Crippen molar-refractivity contribution >= 4 is 21.6 Å². The number of carbonyl (C=O) groups is 1. The average Bonchev–Trinajstić information content (AvgIpc) is 3.58. The molecule has 2 aromatic rings. The predicted octanol–water partition coefficient (Wildman–Crippen LogP) is 3.40. The van der Waals surface area contributed by atoms with Gasteiger partial charge in [-0.05, 0) is 61.1 Å². The molecular weight excluding hydrogens is 402 g/mol. The fraction of sp³-hybridized carbons (Fsp3) is 0.455. The average molecular weight is 430 g/mol. The number of amides is 1. The zero-order chi connectivity index (χ0) is 21.1. The number of sulfonamides is 1. The second-order valence-electron chi connectivity index (χ2n) is 7.90. The number of nitrogens with one attached hydrogen (secondary N) is 1. The van der Waals surface area contributed by atoms with Crippen molar-refractivity contribution < 1.29 is 17.9 Å². The van der Waals surface area contributed by atoms with Crippen LogP contribution in [0.15, 0.2) is 47.6 Å². The van der Waals surface area contributed by atoms with E-state index in [0.29, 0.717) is 24.5 Å². The first-order chi connectivity index (χ1) is 14.5. The highest BCUT2D eigenvalue weighted by molar-refractivity contribution is 7.89. The Hall–Kier alpha value is -2.45. The Labute approximate surface area is 177 Å². The molecule has 30 heavy (non-hydrogen) atoms. The summed E-state index contributed by atoms with van der Waals surface area (Å²) in [5, 5.41) is 2.89. The first-order valence-corrected chi connectivity index (χ1v) is 11.8. The maximum absolute atomic E-state index is 13.1. The van der Waals surface area contributed by atoms with E-state index in [1.54, 1.807) is 28.8 Å². The quantitative estimate of drug-likeness (QED) is 0.760. The van der Waals surface area contributed by atoms with Gasteiger partial charge in [0, 0.05) is 31.4 Å². The van der Waals surface area contributed by atoms with Gasteiger partial charge >= 0.3 is 0 Å². The molecule has 1 aromatic carbocycles. The van der Waals surface area contributed by atoms with E-state index < -0.39 is 10.0 Å². The fourth-order valence-electron chi connectivity index (χ4n) is 4.07. The maximum Gasteiger partial charge on any atom is 0.243 e. The summed E-state index contributed by atoms with van der Waals surface area (Å²) in [6, 6.07) is 8.51. The summed E-state index contributed by atoms with van der Waals surface area (Å²) in [4.78, 5) is 17.0. The number of carbonyl (C=O) groups excluding carboxylic acids is 1. The number of rotatable bonds is 6. The summed E-state index contributed by atoms with van der Waals surface area (Å²) in [5.41, 5.74) is 1.48. The van der Waals surface area contributed by atoms with Crippen LogP contribution in [0.25, 0.3) is 0 Å². The summed E-state index contributed by atoms with van der Waals surface area (Å²) in [5.74, 6) is 0.352. The standard InChI is InChI=1S/C22H27N3O4S/c1-29-21-7-6-17(30(27,28)25-12-4-2-3-5-13-25)14-20(21)24-22(26)19-15-18(19)16-8-10-23-11-9-16/h6-11,14,18-19H,2-5,12-13,15H2,1H3,(H,24,26)/t18-,19-/m0/s1. The minimum atomic E-state index is -3.61. The molecule has 0 unspecified atom stereocenters. The van der Waals surface area contributed by atoms with Crippen molar-refractivity contribution in [2.75, 3.05) is 25.5 Å². The van der Waals surface area contributed by atoms with Crippen molar-refractivity contribution in [3.63, 3.8) is 0 Å².